The van der Waals surface area contributed by atoms with E-state index in [0.717, 1.165) is 137 Å². The number of aryl methyl sites for hydroxylation is 2. The summed E-state index contributed by atoms with van der Waals surface area (Å²) in [5.74, 6) is 3.98. The summed E-state index contributed by atoms with van der Waals surface area (Å²) in [4.78, 5) is 49.2. The number of ketones is 2. The van der Waals surface area contributed by atoms with Gasteiger partial charge in [0, 0.05) is 81.0 Å². The lowest BCUT2D eigenvalue weighted by atomic mass is 9.42. The second-order valence-corrected chi connectivity index (χ2v) is 29.4. The molecular weight excluding hydrogens is 1060 g/mol. The van der Waals surface area contributed by atoms with Crippen LogP contribution < -0.4 is 10.1 Å². The zero-order valence-corrected chi connectivity index (χ0v) is 47.4. The van der Waals surface area contributed by atoms with Gasteiger partial charge in [-0.1, -0.05) is 43.6 Å². The number of hydrogen-bond acceptors (Lipinski definition) is 13. The minimum atomic E-state index is -2.48. The SMILES string of the molecule is Cc1cc(O)c2c(c1)C(=O)c1c(c3cc4c(nccc14)NCC(O)C14CC5(CCCC5)C5C#CCC67CCCC8CCc9[nH]cnc9C86c6[nH]c(c(c6CC7)C51)C1=CC5(O3)OC3(C1=C4CC1(CCC4(CCCC4)C1)C3O)C(O)C(O)C5O)C2=O. The van der Waals surface area contributed by atoms with E-state index in [1.807, 2.05) is 6.33 Å². The van der Waals surface area contributed by atoms with E-state index in [-0.39, 0.29) is 68.4 Å². The van der Waals surface area contributed by atoms with Crippen LogP contribution >= 0.6 is 0 Å². The summed E-state index contributed by atoms with van der Waals surface area (Å²) in [5.41, 5.74) is 3.16. The second-order valence-electron chi connectivity index (χ2n) is 29.4. The molecule has 9 N–H and O–H groups in total. The minimum Gasteiger partial charge on any atom is -0.507 e. The molecule has 1 saturated heterocycles. The van der Waals surface area contributed by atoms with Crippen molar-refractivity contribution in [3.8, 4) is 23.3 Å². The van der Waals surface area contributed by atoms with Gasteiger partial charge >= 0.3 is 0 Å². The molecule has 14 unspecified atom stereocenters. The molecule has 15 nitrogen and oxygen atoms in total. The van der Waals surface area contributed by atoms with Crippen molar-refractivity contribution in [1.29, 1.82) is 0 Å². The molecule has 21 rings (SSSR count). The molecule has 15 heteroatoms. The smallest absolute Gasteiger partial charge is 0.261 e. The van der Waals surface area contributed by atoms with E-state index in [9.17, 15) is 30.6 Å². The van der Waals surface area contributed by atoms with Crippen LogP contribution in [0.25, 0.3) is 16.3 Å². The number of fused-ring (bicyclic) bond motifs is 8. The minimum absolute atomic E-state index is 0.000397. The normalized spacial score (nSPS) is 40.4. The highest BCUT2D eigenvalue weighted by Gasteiger charge is 2.79. The number of hydrogen-bond donors (Lipinski definition) is 9. The van der Waals surface area contributed by atoms with Crippen LogP contribution in [0.4, 0.5) is 5.82 Å². The number of pyridine rings is 1. The Hall–Kier alpha value is -6.12. The molecule has 0 amide bonds. The van der Waals surface area contributed by atoms with Crippen LogP contribution in [0.3, 0.4) is 0 Å². The first-order valence-electron chi connectivity index (χ1n) is 31.8. The maximum Gasteiger partial charge on any atom is 0.261 e. The largest absolute Gasteiger partial charge is 0.507 e. The Morgan fingerprint density at radius 2 is 1.64 bits per heavy atom. The molecule has 2 aromatic carbocycles. The van der Waals surface area contributed by atoms with E-state index < -0.39 is 75.6 Å². The number of nitrogens with one attached hydrogen (secondary N) is 3. The Bertz CT molecular complexity index is 4040. The average molecular weight is 1130 g/mol. The van der Waals surface area contributed by atoms with Gasteiger partial charge in [-0.3, -0.25) is 9.59 Å². The number of aromatic amines is 2. The molecule has 6 fully saturated rings. The van der Waals surface area contributed by atoms with Gasteiger partial charge in [0.15, 0.2) is 17.5 Å². The van der Waals surface area contributed by atoms with Gasteiger partial charge in [0.25, 0.3) is 5.79 Å². The van der Waals surface area contributed by atoms with Crippen LogP contribution in [0.1, 0.15) is 199 Å². The number of carbonyl (C=O) groups excluding carboxylic acids is 2. The topological polar surface area (TPSA) is 243 Å². The standard InChI is InChI=1S/C69H71N5O10/c1-33-24-38-46(43(75)25-33)54(78)49-44-26-37-35(47(49)53(38)77)13-23-70-60(37)71-29-45(76)66-31-63(16-4-5-17-63)40-9-7-19-65-18-6-8-34-10-11-42-57(73-32-72-42)68(34,65)56-36(12-20-65)48(51(40)66)52(74-56)39-27-67(83-44)58(80)55(79)59(81)69(84-67)50(39)41(66)28-64(61(69)82)22-21-62(30-64)14-2-3-15-62/h13,23-27,32,34,40,45,51,55,58-59,61,74-76,79-82H,2-6,8,10-12,14-22,28-31H2,1H3,(H,70,71)(H,72,73). The summed E-state index contributed by atoms with van der Waals surface area (Å²) in [6, 6.07) is 6.33. The molecular formula is C69H71N5O10. The van der Waals surface area contributed by atoms with Gasteiger partial charge in [-0.05, 0) is 183 Å². The van der Waals surface area contributed by atoms with E-state index >= 15 is 9.59 Å². The Morgan fingerprint density at radius 3 is 2.49 bits per heavy atom. The van der Waals surface area contributed by atoms with Crippen molar-refractivity contribution in [1.82, 2.24) is 19.9 Å². The predicted molar refractivity (Wildman–Crippen MR) is 307 cm³/mol. The van der Waals surface area contributed by atoms with E-state index in [0.29, 0.717) is 65.4 Å². The molecule has 5 saturated carbocycles. The summed E-state index contributed by atoms with van der Waals surface area (Å²) in [6.45, 7) is 1.75. The second kappa shape index (κ2) is 15.9. The molecule has 7 heterocycles. The number of nitrogens with zero attached hydrogens (tertiary/aromatic N) is 2. The fourth-order valence-corrected chi connectivity index (χ4v) is 23.3. The Kier molecular flexibility index (Phi) is 9.47. The van der Waals surface area contributed by atoms with Crippen LogP contribution in [0, 0.1) is 57.7 Å². The van der Waals surface area contributed by atoms with E-state index in [1.165, 1.54) is 11.6 Å². The number of benzene rings is 2. The van der Waals surface area contributed by atoms with Gasteiger partial charge in [0.2, 0.25) is 5.78 Å². The number of aromatic nitrogens is 4. The van der Waals surface area contributed by atoms with Crippen LogP contribution in [-0.4, -0.2) is 111 Å². The van der Waals surface area contributed by atoms with Gasteiger partial charge < -0.3 is 55.4 Å². The number of ether oxygens (including phenoxy) is 2. The number of rotatable bonds is 0. The molecule has 14 atom stereocenters. The lowest BCUT2D eigenvalue weighted by Gasteiger charge is -2.64. The number of aliphatic hydroxyl groups is 5. The fraction of sp³-hybridized carbons (Fsp3) is 0.565. The summed E-state index contributed by atoms with van der Waals surface area (Å²) in [5, 5.41) is 85.3. The summed E-state index contributed by atoms with van der Waals surface area (Å²) < 4.78 is 15.3. The summed E-state index contributed by atoms with van der Waals surface area (Å²) in [6.07, 6.45) is 15.2. The highest BCUT2D eigenvalue weighted by atomic mass is 16.7. The predicted octanol–water partition coefficient (Wildman–Crippen LogP) is 8.71. The lowest BCUT2D eigenvalue weighted by Crippen LogP contribution is -2.79. The average Bonchev–Trinajstić information content (AvgIpc) is 1.38. The molecule has 3 aromatic heterocycles. The highest BCUT2D eigenvalue weighted by molar-refractivity contribution is 6.34. The van der Waals surface area contributed by atoms with E-state index in [1.54, 1.807) is 37.4 Å². The van der Waals surface area contributed by atoms with Gasteiger partial charge in [-0.25, -0.2) is 9.97 Å². The maximum absolute atomic E-state index is 15.6. The molecule has 12 bridgehead atoms. The molecule has 12 aliphatic carbocycles. The first kappa shape index (κ1) is 50.1. The lowest BCUT2D eigenvalue weighted by molar-refractivity contribution is -0.366. The van der Waals surface area contributed by atoms with Crippen LogP contribution in [0.2, 0.25) is 0 Å². The van der Waals surface area contributed by atoms with Crippen molar-refractivity contribution in [3.63, 3.8) is 0 Å². The zero-order valence-electron chi connectivity index (χ0n) is 47.4. The van der Waals surface area contributed by atoms with Crippen molar-refractivity contribution in [2.75, 3.05) is 11.9 Å². The number of phenols is 1. The quantitative estimate of drug-likeness (QED) is 0.0648. The number of carbonyl (C=O) groups is 2. The molecule has 0 radical (unpaired) electrons. The Morgan fingerprint density at radius 1 is 0.810 bits per heavy atom. The number of H-pyrrole nitrogens is 2. The van der Waals surface area contributed by atoms with E-state index in [2.05, 4.69) is 27.1 Å². The number of phenolic OH excluding ortho intramolecular Hbond substituents is 1. The number of imidazole rings is 1. The van der Waals surface area contributed by atoms with Crippen molar-refractivity contribution < 1.29 is 49.7 Å². The molecule has 4 aliphatic heterocycles. The van der Waals surface area contributed by atoms with Gasteiger partial charge in [-0.2, -0.15) is 0 Å². The molecule has 8 spiro atoms. The zero-order chi connectivity index (χ0) is 56.6. The van der Waals surface area contributed by atoms with Gasteiger partial charge in [0.05, 0.1) is 40.8 Å². The summed E-state index contributed by atoms with van der Waals surface area (Å²) >= 11 is 0. The Balaban J connectivity index is 0.980. The van der Waals surface area contributed by atoms with Crippen molar-refractivity contribution in [2.45, 2.75) is 195 Å². The van der Waals surface area contributed by atoms with Crippen LogP contribution in [0.5, 0.6) is 11.5 Å². The number of aliphatic hydroxyl groups excluding tert-OH is 5. The van der Waals surface area contributed by atoms with Crippen molar-refractivity contribution in [3.05, 3.63) is 116 Å². The first-order chi connectivity index (χ1) is 40.6. The Labute approximate surface area is 486 Å². The fourth-order valence-electron chi connectivity index (χ4n) is 23.3. The van der Waals surface area contributed by atoms with Crippen LogP contribution in [-0.2, 0) is 23.0 Å². The number of aromatic hydroxyl groups is 1. The van der Waals surface area contributed by atoms with Crippen molar-refractivity contribution in [2.24, 2.45) is 38.9 Å². The van der Waals surface area contributed by atoms with E-state index in [4.69, 9.17) is 19.4 Å². The van der Waals surface area contributed by atoms with Gasteiger partial charge in [-0.15, -0.1) is 5.92 Å². The first-order valence-corrected chi connectivity index (χ1v) is 31.8. The van der Waals surface area contributed by atoms with Gasteiger partial charge in [0.1, 0.15) is 29.5 Å². The molecule has 84 heavy (non-hydrogen) atoms. The maximum atomic E-state index is 15.6. The third kappa shape index (κ3) is 5.47. The molecule has 16 aliphatic rings. The third-order valence-electron chi connectivity index (χ3n) is 26.2. The third-order valence-corrected chi connectivity index (χ3v) is 26.2. The monoisotopic (exact) mass is 1130 g/mol. The number of anilines is 1. The summed E-state index contributed by atoms with van der Waals surface area (Å²) in [7, 11) is 0. The molecule has 5 aromatic rings. The van der Waals surface area contributed by atoms with Crippen LogP contribution in [0.15, 0.2) is 54.0 Å². The molecule has 432 valence electrons. The van der Waals surface area contributed by atoms with Crippen molar-refractivity contribution >= 4 is 33.7 Å². The highest BCUT2D eigenvalue weighted by Crippen LogP contribution is 2.79.